The zero-order valence-electron chi connectivity index (χ0n) is 11.0. The molecule has 5 nitrogen and oxygen atoms in total. The lowest BCUT2D eigenvalue weighted by Gasteiger charge is -2.10. The Bertz CT molecular complexity index is 605. The second-order valence-electron chi connectivity index (χ2n) is 4.17. The van der Waals surface area contributed by atoms with Gasteiger partial charge in [-0.15, -0.1) is 0 Å². The molecule has 2 rings (SSSR count). The Morgan fingerprint density at radius 1 is 1.25 bits per heavy atom. The molecule has 1 aromatic carbocycles. The molecule has 2 aromatic rings. The predicted molar refractivity (Wildman–Crippen MR) is 79.9 cm³/mol. The van der Waals surface area contributed by atoms with Crippen molar-refractivity contribution in [2.45, 2.75) is 13.3 Å². The molecule has 0 unspecified atom stereocenters. The maximum absolute atomic E-state index is 13.0. The van der Waals surface area contributed by atoms with E-state index >= 15 is 0 Å². The number of hydrogen-bond donors (Lipinski definition) is 3. The normalized spacial score (nSPS) is 10.3. The van der Waals surface area contributed by atoms with Crippen molar-refractivity contribution in [2.24, 2.45) is 0 Å². The molecule has 1 aromatic heterocycles. The van der Waals surface area contributed by atoms with Crippen molar-refractivity contribution in [3.05, 3.63) is 35.1 Å². The molecule has 0 aliphatic carbocycles. The van der Waals surface area contributed by atoms with Gasteiger partial charge in [-0.25, -0.2) is 4.39 Å². The van der Waals surface area contributed by atoms with E-state index in [4.69, 9.17) is 17.3 Å². The summed E-state index contributed by atoms with van der Waals surface area (Å²) in [4.78, 5) is 8.14. The molecule has 20 heavy (non-hydrogen) atoms. The minimum absolute atomic E-state index is 0.145. The smallest absolute Gasteiger partial charge is 0.223 e. The van der Waals surface area contributed by atoms with Gasteiger partial charge in [-0.2, -0.15) is 9.97 Å². The Morgan fingerprint density at radius 2 is 2.00 bits per heavy atom. The van der Waals surface area contributed by atoms with E-state index in [9.17, 15) is 4.39 Å². The highest BCUT2D eigenvalue weighted by Gasteiger charge is 2.06. The van der Waals surface area contributed by atoms with Crippen LogP contribution in [0.3, 0.4) is 0 Å². The van der Waals surface area contributed by atoms with Gasteiger partial charge in [0.1, 0.15) is 17.5 Å². The number of benzene rings is 1. The van der Waals surface area contributed by atoms with Crippen molar-refractivity contribution < 1.29 is 4.39 Å². The molecule has 0 aliphatic rings. The number of halogens is 2. The summed E-state index contributed by atoms with van der Waals surface area (Å²) >= 11 is 5.95. The predicted octanol–water partition coefficient (Wildman–Crippen LogP) is 3.42. The molecule has 0 bridgehead atoms. The molecule has 0 spiro atoms. The molecule has 7 heteroatoms. The summed E-state index contributed by atoms with van der Waals surface area (Å²) in [7, 11) is 0. The molecule has 0 aliphatic heterocycles. The maximum Gasteiger partial charge on any atom is 0.223 e. The molecular formula is C13H15ClFN5. The van der Waals surface area contributed by atoms with E-state index in [1.807, 2.05) is 0 Å². The first-order chi connectivity index (χ1) is 9.58. The number of nitrogen functional groups attached to an aromatic ring is 1. The standard InChI is InChI=1S/C13H15ClFN5/c1-2-5-17-11-7-12(20-13(16)19-11)18-10-4-3-8(15)6-9(10)14/h3-4,6-7H,2,5H2,1H3,(H4,16,17,18,19,20). The van der Waals surface area contributed by atoms with Gasteiger partial charge < -0.3 is 16.4 Å². The number of rotatable bonds is 5. The topological polar surface area (TPSA) is 75.9 Å². The van der Waals surface area contributed by atoms with Gasteiger partial charge in [0, 0.05) is 12.6 Å². The number of hydrogen-bond acceptors (Lipinski definition) is 5. The Morgan fingerprint density at radius 3 is 2.70 bits per heavy atom. The van der Waals surface area contributed by atoms with Crippen LogP contribution in [0.2, 0.25) is 5.02 Å². The zero-order valence-corrected chi connectivity index (χ0v) is 11.7. The molecule has 0 radical (unpaired) electrons. The first-order valence-electron chi connectivity index (χ1n) is 6.19. The second kappa shape index (κ2) is 6.38. The number of anilines is 4. The van der Waals surface area contributed by atoms with Crippen LogP contribution >= 0.6 is 11.6 Å². The monoisotopic (exact) mass is 295 g/mol. The van der Waals surface area contributed by atoms with Gasteiger partial charge in [0.2, 0.25) is 5.95 Å². The summed E-state index contributed by atoms with van der Waals surface area (Å²) in [5.41, 5.74) is 6.20. The van der Waals surface area contributed by atoms with Crippen LogP contribution in [0.1, 0.15) is 13.3 Å². The number of nitrogens with one attached hydrogen (secondary N) is 2. The van der Waals surface area contributed by atoms with Crippen molar-refractivity contribution in [1.29, 1.82) is 0 Å². The van der Waals surface area contributed by atoms with E-state index in [-0.39, 0.29) is 11.0 Å². The second-order valence-corrected chi connectivity index (χ2v) is 4.58. The molecule has 0 fully saturated rings. The third-order valence-corrected chi connectivity index (χ3v) is 2.81. The lowest BCUT2D eigenvalue weighted by molar-refractivity contribution is 0.628. The summed E-state index contributed by atoms with van der Waals surface area (Å²) < 4.78 is 13.0. The van der Waals surface area contributed by atoms with E-state index in [2.05, 4.69) is 27.5 Å². The van der Waals surface area contributed by atoms with Gasteiger partial charge >= 0.3 is 0 Å². The Labute approximate surface area is 121 Å². The van der Waals surface area contributed by atoms with Crippen molar-refractivity contribution >= 4 is 34.9 Å². The van der Waals surface area contributed by atoms with Crippen molar-refractivity contribution in [3.8, 4) is 0 Å². The average Bonchev–Trinajstić information content (AvgIpc) is 2.39. The van der Waals surface area contributed by atoms with Crippen LogP contribution < -0.4 is 16.4 Å². The molecule has 0 saturated heterocycles. The van der Waals surface area contributed by atoms with Gasteiger partial charge in [0.15, 0.2) is 0 Å². The number of nitrogens with two attached hydrogens (primary N) is 1. The summed E-state index contributed by atoms with van der Waals surface area (Å²) in [5, 5.41) is 6.38. The molecule has 4 N–H and O–H groups in total. The van der Waals surface area contributed by atoms with E-state index in [0.29, 0.717) is 17.3 Å². The quantitative estimate of drug-likeness (QED) is 0.788. The van der Waals surface area contributed by atoms with E-state index < -0.39 is 5.82 Å². The molecule has 1 heterocycles. The van der Waals surface area contributed by atoms with Crippen molar-refractivity contribution in [1.82, 2.24) is 9.97 Å². The zero-order chi connectivity index (χ0) is 14.5. The average molecular weight is 296 g/mol. The maximum atomic E-state index is 13.0. The fraction of sp³-hybridized carbons (Fsp3) is 0.231. The van der Waals surface area contributed by atoms with Crippen LogP contribution in [-0.2, 0) is 0 Å². The molecule has 0 amide bonds. The fourth-order valence-electron chi connectivity index (χ4n) is 1.60. The van der Waals surface area contributed by atoms with Gasteiger partial charge in [0.05, 0.1) is 10.7 Å². The number of aromatic nitrogens is 2. The van der Waals surface area contributed by atoms with Gasteiger partial charge in [-0.1, -0.05) is 18.5 Å². The van der Waals surface area contributed by atoms with Crippen LogP contribution in [0.25, 0.3) is 0 Å². The molecule has 106 valence electrons. The summed E-state index contributed by atoms with van der Waals surface area (Å²) in [6.07, 6.45) is 0.969. The number of nitrogens with zero attached hydrogens (tertiary/aromatic N) is 2. The highest BCUT2D eigenvalue weighted by Crippen LogP contribution is 2.26. The van der Waals surface area contributed by atoms with Crippen LogP contribution in [0, 0.1) is 5.82 Å². The highest BCUT2D eigenvalue weighted by atomic mass is 35.5. The van der Waals surface area contributed by atoms with Gasteiger partial charge in [-0.05, 0) is 24.6 Å². The van der Waals surface area contributed by atoms with E-state index in [1.165, 1.54) is 18.2 Å². The summed E-state index contributed by atoms with van der Waals surface area (Å²) in [6, 6.07) is 5.79. The molecule has 0 saturated carbocycles. The Hall–Kier alpha value is -2.08. The fourth-order valence-corrected chi connectivity index (χ4v) is 1.82. The van der Waals surface area contributed by atoms with Crippen molar-refractivity contribution in [3.63, 3.8) is 0 Å². The minimum Gasteiger partial charge on any atom is -0.370 e. The first-order valence-corrected chi connectivity index (χ1v) is 6.57. The van der Waals surface area contributed by atoms with Gasteiger partial charge in [-0.3, -0.25) is 0 Å². The van der Waals surface area contributed by atoms with Crippen molar-refractivity contribution in [2.75, 3.05) is 22.9 Å². The van der Waals surface area contributed by atoms with E-state index in [1.54, 1.807) is 6.07 Å². The van der Waals surface area contributed by atoms with Gasteiger partial charge in [0.25, 0.3) is 0 Å². The highest BCUT2D eigenvalue weighted by molar-refractivity contribution is 6.33. The first kappa shape index (κ1) is 14.3. The Kier molecular flexibility index (Phi) is 4.57. The van der Waals surface area contributed by atoms with Crippen LogP contribution in [-0.4, -0.2) is 16.5 Å². The van der Waals surface area contributed by atoms with Crippen LogP contribution in [0.4, 0.5) is 27.7 Å². The van der Waals surface area contributed by atoms with E-state index in [0.717, 1.165) is 13.0 Å². The third kappa shape index (κ3) is 3.71. The lowest BCUT2D eigenvalue weighted by atomic mass is 10.3. The lowest BCUT2D eigenvalue weighted by Crippen LogP contribution is -2.07. The van der Waals surface area contributed by atoms with Crippen LogP contribution in [0.5, 0.6) is 0 Å². The third-order valence-electron chi connectivity index (χ3n) is 2.49. The molecular weight excluding hydrogens is 281 g/mol. The molecule has 0 atom stereocenters. The minimum atomic E-state index is -0.395. The Balaban J connectivity index is 2.21. The SMILES string of the molecule is CCCNc1cc(Nc2ccc(F)cc2Cl)nc(N)n1. The van der Waals surface area contributed by atoms with Crippen LogP contribution in [0.15, 0.2) is 24.3 Å². The summed E-state index contributed by atoms with van der Waals surface area (Å²) in [5.74, 6) is 0.865. The largest absolute Gasteiger partial charge is 0.370 e. The summed E-state index contributed by atoms with van der Waals surface area (Å²) in [6.45, 7) is 2.84.